The zero-order valence-corrected chi connectivity index (χ0v) is 11.2. The molecular weight excluding hydrogens is 256 g/mol. The number of nitro benzene ring substituents is 1. The van der Waals surface area contributed by atoms with Gasteiger partial charge in [0, 0.05) is 35.8 Å². The fraction of sp³-hybridized carbons (Fsp3) is 0.500. The summed E-state index contributed by atoms with van der Waals surface area (Å²) in [7, 11) is 0. The molecule has 1 rings (SSSR count). The van der Waals surface area contributed by atoms with Gasteiger partial charge >= 0.3 is 0 Å². The van der Waals surface area contributed by atoms with Gasteiger partial charge in [-0.1, -0.05) is 11.6 Å². The van der Waals surface area contributed by atoms with Gasteiger partial charge in [0.15, 0.2) is 0 Å². The van der Waals surface area contributed by atoms with E-state index in [1.165, 1.54) is 12.1 Å². The van der Waals surface area contributed by atoms with Crippen molar-refractivity contribution in [3.05, 3.63) is 38.9 Å². The van der Waals surface area contributed by atoms with Crippen LogP contribution in [0.3, 0.4) is 0 Å². The summed E-state index contributed by atoms with van der Waals surface area (Å²) in [6.07, 6.45) is 0. The Bertz CT molecular complexity index is 412. The molecule has 100 valence electrons. The van der Waals surface area contributed by atoms with E-state index in [2.05, 4.69) is 5.32 Å². The fourth-order valence-corrected chi connectivity index (χ4v) is 1.71. The Hall–Kier alpha value is -1.17. The highest BCUT2D eigenvalue weighted by atomic mass is 35.5. The zero-order chi connectivity index (χ0) is 13.5. The lowest BCUT2D eigenvalue weighted by atomic mass is 10.1. The van der Waals surface area contributed by atoms with Crippen LogP contribution < -0.4 is 5.32 Å². The van der Waals surface area contributed by atoms with E-state index in [0.29, 0.717) is 30.3 Å². The van der Waals surface area contributed by atoms with E-state index < -0.39 is 4.92 Å². The van der Waals surface area contributed by atoms with E-state index >= 15 is 0 Å². The molecule has 1 unspecified atom stereocenters. The molecule has 6 heteroatoms. The number of nitrogens with zero attached hydrogens (tertiary/aromatic N) is 1. The van der Waals surface area contributed by atoms with Crippen molar-refractivity contribution in [3.63, 3.8) is 0 Å². The van der Waals surface area contributed by atoms with Gasteiger partial charge in [0.1, 0.15) is 0 Å². The number of nitrogens with one attached hydrogen (secondary N) is 1. The van der Waals surface area contributed by atoms with E-state index in [0.717, 1.165) is 0 Å². The smallest absolute Gasteiger partial charge is 0.273 e. The van der Waals surface area contributed by atoms with Crippen LogP contribution in [0.5, 0.6) is 0 Å². The summed E-state index contributed by atoms with van der Waals surface area (Å²) < 4.78 is 5.26. The number of ether oxygens (including phenoxy) is 1. The summed E-state index contributed by atoms with van der Waals surface area (Å²) in [6.45, 7) is 5.51. The summed E-state index contributed by atoms with van der Waals surface area (Å²) in [4.78, 5) is 10.5. The number of rotatable bonds is 7. The van der Waals surface area contributed by atoms with Crippen molar-refractivity contribution < 1.29 is 9.66 Å². The molecule has 1 aromatic carbocycles. The number of benzene rings is 1. The van der Waals surface area contributed by atoms with Gasteiger partial charge in [-0.15, -0.1) is 0 Å². The minimum atomic E-state index is -0.402. The molecule has 0 aromatic heterocycles. The Morgan fingerprint density at radius 1 is 1.56 bits per heavy atom. The van der Waals surface area contributed by atoms with Gasteiger partial charge in [0.05, 0.1) is 11.5 Å². The maximum Gasteiger partial charge on any atom is 0.273 e. The minimum Gasteiger partial charge on any atom is -0.380 e. The molecule has 0 saturated heterocycles. The van der Waals surface area contributed by atoms with Crippen LogP contribution in [-0.2, 0) is 11.3 Å². The summed E-state index contributed by atoms with van der Waals surface area (Å²) in [6, 6.07) is 4.68. The number of hydrogen-bond acceptors (Lipinski definition) is 4. The molecule has 0 radical (unpaired) electrons. The van der Waals surface area contributed by atoms with E-state index in [9.17, 15) is 10.1 Å². The largest absolute Gasteiger partial charge is 0.380 e. The third-order valence-corrected chi connectivity index (χ3v) is 2.69. The summed E-state index contributed by atoms with van der Waals surface area (Å²) in [5.74, 6) is 0. The van der Waals surface area contributed by atoms with Crippen molar-refractivity contribution in [2.75, 3.05) is 13.2 Å². The minimum absolute atomic E-state index is 0.0792. The van der Waals surface area contributed by atoms with Crippen molar-refractivity contribution in [2.45, 2.75) is 26.4 Å². The molecule has 0 amide bonds. The van der Waals surface area contributed by atoms with Gasteiger partial charge in [0.25, 0.3) is 5.69 Å². The van der Waals surface area contributed by atoms with Crippen LogP contribution in [-0.4, -0.2) is 24.2 Å². The van der Waals surface area contributed by atoms with Crippen molar-refractivity contribution >= 4 is 17.3 Å². The topological polar surface area (TPSA) is 64.4 Å². The van der Waals surface area contributed by atoms with Gasteiger partial charge in [-0.25, -0.2) is 0 Å². The zero-order valence-electron chi connectivity index (χ0n) is 10.5. The maximum atomic E-state index is 10.9. The van der Waals surface area contributed by atoms with Gasteiger partial charge < -0.3 is 10.1 Å². The second-order valence-corrected chi connectivity index (χ2v) is 4.41. The van der Waals surface area contributed by atoms with Crippen LogP contribution in [0.25, 0.3) is 0 Å². The average molecular weight is 273 g/mol. The van der Waals surface area contributed by atoms with E-state index in [-0.39, 0.29) is 11.7 Å². The molecule has 0 spiro atoms. The summed E-state index contributed by atoms with van der Waals surface area (Å²) >= 11 is 5.85. The Kier molecular flexibility index (Phi) is 6.04. The summed E-state index contributed by atoms with van der Waals surface area (Å²) in [5.41, 5.74) is 0.659. The van der Waals surface area contributed by atoms with E-state index in [1.807, 2.05) is 13.8 Å². The van der Waals surface area contributed by atoms with Crippen LogP contribution in [0.1, 0.15) is 19.4 Å². The van der Waals surface area contributed by atoms with Crippen molar-refractivity contribution in [1.82, 2.24) is 5.32 Å². The van der Waals surface area contributed by atoms with Crippen LogP contribution in [0.2, 0.25) is 5.02 Å². The highest BCUT2D eigenvalue weighted by Crippen LogP contribution is 2.22. The second-order valence-electron chi connectivity index (χ2n) is 3.97. The molecule has 0 fully saturated rings. The normalized spacial score (nSPS) is 12.4. The summed E-state index contributed by atoms with van der Waals surface area (Å²) in [5, 5.41) is 14.5. The lowest BCUT2D eigenvalue weighted by molar-refractivity contribution is -0.385. The predicted molar refractivity (Wildman–Crippen MR) is 70.9 cm³/mol. The van der Waals surface area contributed by atoms with Gasteiger partial charge in [-0.2, -0.15) is 0 Å². The number of halogens is 1. The number of nitro groups is 1. The third-order valence-electron chi connectivity index (χ3n) is 2.45. The molecule has 0 heterocycles. The van der Waals surface area contributed by atoms with Crippen LogP contribution in [0.4, 0.5) is 5.69 Å². The Morgan fingerprint density at radius 3 is 2.89 bits per heavy atom. The molecule has 0 bridgehead atoms. The first-order valence-corrected chi connectivity index (χ1v) is 6.16. The molecule has 0 saturated carbocycles. The van der Waals surface area contributed by atoms with Crippen LogP contribution >= 0.6 is 11.6 Å². The molecule has 18 heavy (non-hydrogen) atoms. The maximum absolute atomic E-state index is 10.9. The predicted octanol–water partition coefficient (Wildman–Crippen LogP) is 2.76. The van der Waals surface area contributed by atoms with Crippen molar-refractivity contribution in [2.24, 2.45) is 0 Å². The van der Waals surface area contributed by atoms with E-state index in [4.69, 9.17) is 16.3 Å². The first-order valence-electron chi connectivity index (χ1n) is 5.78. The third kappa shape index (κ3) is 4.60. The highest BCUT2D eigenvalue weighted by molar-refractivity contribution is 6.30. The second kappa shape index (κ2) is 7.31. The standard InChI is InChI=1S/C12H17ClN2O3/c1-3-18-8-9(2)14-7-10-6-11(13)4-5-12(10)15(16)17/h4-6,9,14H,3,7-8H2,1-2H3. The van der Waals surface area contributed by atoms with Crippen molar-refractivity contribution in [3.8, 4) is 0 Å². The molecule has 5 nitrogen and oxygen atoms in total. The lowest BCUT2D eigenvalue weighted by Gasteiger charge is -2.13. The quantitative estimate of drug-likeness (QED) is 0.612. The molecule has 0 aliphatic rings. The molecule has 1 aromatic rings. The molecule has 1 N–H and O–H groups in total. The Morgan fingerprint density at radius 2 is 2.28 bits per heavy atom. The molecule has 0 aliphatic heterocycles. The number of hydrogen-bond donors (Lipinski definition) is 1. The van der Waals surface area contributed by atoms with Gasteiger partial charge in [-0.05, 0) is 26.0 Å². The van der Waals surface area contributed by atoms with Crippen LogP contribution in [0.15, 0.2) is 18.2 Å². The Balaban J connectivity index is 2.65. The average Bonchev–Trinajstić information content (AvgIpc) is 2.33. The van der Waals surface area contributed by atoms with Crippen LogP contribution in [0, 0.1) is 10.1 Å². The van der Waals surface area contributed by atoms with Gasteiger partial charge in [-0.3, -0.25) is 10.1 Å². The highest BCUT2D eigenvalue weighted by Gasteiger charge is 2.14. The molecule has 1 atom stereocenters. The molecule has 0 aliphatic carbocycles. The first kappa shape index (κ1) is 14.9. The van der Waals surface area contributed by atoms with Crippen molar-refractivity contribution in [1.29, 1.82) is 0 Å². The molecular formula is C12H17ClN2O3. The first-order chi connectivity index (χ1) is 8.54. The monoisotopic (exact) mass is 272 g/mol. The fourth-order valence-electron chi connectivity index (χ4n) is 1.51. The Labute approximate surface area is 111 Å². The van der Waals surface area contributed by atoms with Gasteiger partial charge in [0.2, 0.25) is 0 Å². The van der Waals surface area contributed by atoms with E-state index in [1.54, 1.807) is 6.07 Å². The SMILES string of the molecule is CCOCC(C)NCc1cc(Cl)ccc1[N+](=O)[O-]. The lowest BCUT2D eigenvalue weighted by Crippen LogP contribution is -2.30.